The van der Waals surface area contributed by atoms with Gasteiger partial charge in [0.15, 0.2) is 0 Å². The number of carboxylic acid groups (broad SMARTS) is 1. The number of nitrogens with zero attached hydrogens (tertiary/aromatic N) is 1. The lowest BCUT2D eigenvalue weighted by atomic mass is 9.88. The Labute approximate surface area is 115 Å². The third kappa shape index (κ3) is 3.80. The van der Waals surface area contributed by atoms with Crippen LogP contribution in [-0.4, -0.2) is 35.6 Å². The summed E-state index contributed by atoms with van der Waals surface area (Å²) in [5, 5.41) is 8.92. The summed E-state index contributed by atoms with van der Waals surface area (Å²) in [7, 11) is 0. The zero-order valence-corrected chi connectivity index (χ0v) is 11.7. The molecule has 1 saturated heterocycles. The molecule has 1 aromatic rings. The van der Waals surface area contributed by atoms with Gasteiger partial charge in [-0.1, -0.05) is 44.2 Å². The van der Waals surface area contributed by atoms with Crippen molar-refractivity contribution in [2.75, 3.05) is 19.6 Å². The van der Waals surface area contributed by atoms with Crippen LogP contribution in [0.15, 0.2) is 30.3 Å². The lowest BCUT2D eigenvalue weighted by molar-refractivity contribution is -0.147. The van der Waals surface area contributed by atoms with Gasteiger partial charge in [-0.05, 0) is 23.8 Å². The lowest BCUT2D eigenvalue weighted by Crippen LogP contribution is -2.51. The predicted molar refractivity (Wildman–Crippen MR) is 76.2 cm³/mol. The van der Waals surface area contributed by atoms with Crippen molar-refractivity contribution >= 4 is 5.97 Å². The largest absolute Gasteiger partial charge is 0.481 e. The maximum Gasteiger partial charge on any atom is 0.309 e. The van der Waals surface area contributed by atoms with Gasteiger partial charge in [0.2, 0.25) is 0 Å². The Morgan fingerprint density at radius 3 is 2.47 bits per heavy atom. The SMILES string of the molecule is CC(C)CC(CN1CC(C(=O)O)C1)c1ccccc1. The Bertz CT molecular complexity index is 410. The monoisotopic (exact) mass is 261 g/mol. The zero-order valence-electron chi connectivity index (χ0n) is 11.7. The number of aliphatic carboxylic acids is 1. The second-order valence-corrected chi connectivity index (χ2v) is 5.99. The van der Waals surface area contributed by atoms with Crippen LogP contribution in [0.3, 0.4) is 0 Å². The minimum atomic E-state index is -0.656. The number of hydrogen-bond donors (Lipinski definition) is 1. The molecule has 0 amide bonds. The minimum Gasteiger partial charge on any atom is -0.481 e. The fraction of sp³-hybridized carbons (Fsp3) is 0.562. The van der Waals surface area contributed by atoms with Crippen LogP contribution in [-0.2, 0) is 4.79 Å². The summed E-state index contributed by atoms with van der Waals surface area (Å²) in [6.07, 6.45) is 1.15. The molecule has 3 nitrogen and oxygen atoms in total. The van der Waals surface area contributed by atoms with Crippen LogP contribution in [0.5, 0.6) is 0 Å². The van der Waals surface area contributed by atoms with Gasteiger partial charge in [-0.2, -0.15) is 0 Å². The van der Waals surface area contributed by atoms with Crippen LogP contribution < -0.4 is 0 Å². The summed E-state index contributed by atoms with van der Waals surface area (Å²) in [4.78, 5) is 13.1. The van der Waals surface area contributed by atoms with E-state index in [0.29, 0.717) is 24.9 Å². The summed E-state index contributed by atoms with van der Waals surface area (Å²) in [6, 6.07) is 10.6. The molecular formula is C16H23NO2. The highest BCUT2D eigenvalue weighted by Crippen LogP contribution is 2.27. The highest BCUT2D eigenvalue weighted by Gasteiger charge is 2.33. The van der Waals surface area contributed by atoms with E-state index < -0.39 is 5.97 Å². The fourth-order valence-electron chi connectivity index (χ4n) is 2.80. The highest BCUT2D eigenvalue weighted by atomic mass is 16.4. The second-order valence-electron chi connectivity index (χ2n) is 5.99. The van der Waals surface area contributed by atoms with E-state index in [-0.39, 0.29) is 5.92 Å². The fourth-order valence-corrected chi connectivity index (χ4v) is 2.80. The molecule has 1 fully saturated rings. The van der Waals surface area contributed by atoms with Crippen LogP contribution in [0.25, 0.3) is 0 Å². The van der Waals surface area contributed by atoms with Gasteiger partial charge < -0.3 is 10.0 Å². The van der Waals surface area contributed by atoms with Gasteiger partial charge in [0.1, 0.15) is 0 Å². The molecule has 1 heterocycles. The predicted octanol–water partition coefficient (Wildman–Crippen LogP) is 2.83. The Hall–Kier alpha value is -1.35. The van der Waals surface area contributed by atoms with Gasteiger partial charge in [0.25, 0.3) is 0 Å². The van der Waals surface area contributed by atoms with Crippen LogP contribution in [0.2, 0.25) is 0 Å². The highest BCUT2D eigenvalue weighted by molar-refractivity contribution is 5.71. The Morgan fingerprint density at radius 2 is 1.95 bits per heavy atom. The van der Waals surface area contributed by atoms with Crippen molar-refractivity contribution in [3.8, 4) is 0 Å². The second kappa shape index (κ2) is 6.20. The van der Waals surface area contributed by atoms with Gasteiger partial charge in [0.05, 0.1) is 5.92 Å². The molecule has 19 heavy (non-hydrogen) atoms. The maximum absolute atomic E-state index is 10.8. The summed E-state index contributed by atoms with van der Waals surface area (Å²) in [5.41, 5.74) is 1.37. The molecule has 1 atom stereocenters. The zero-order chi connectivity index (χ0) is 13.8. The molecule has 1 N–H and O–H groups in total. The number of carboxylic acids is 1. The number of rotatable bonds is 6. The topological polar surface area (TPSA) is 40.5 Å². The molecule has 0 aromatic heterocycles. The molecule has 0 saturated carbocycles. The molecule has 0 radical (unpaired) electrons. The molecule has 1 aromatic carbocycles. The van der Waals surface area contributed by atoms with Crippen molar-refractivity contribution in [2.24, 2.45) is 11.8 Å². The van der Waals surface area contributed by atoms with Crippen molar-refractivity contribution < 1.29 is 9.90 Å². The third-order valence-electron chi connectivity index (χ3n) is 3.81. The van der Waals surface area contributed by atoms with E-state index in [4.69, 9.17) is 5.11 Å². The van der Waals surface area contributed by atoms with E-state index in [1.54, 1.807) is 0 Å². The Balaban J connectivity index is 1.94. The average molecular weight is 261 g/mol. The van der Waals surface area contributed by atoms with E-state index in [0.717, 1.165) is 13.0 Å². The van der Waals surface area contributed by atoms with Gasteiger partial charge in [-0.3, -0.25) is 4.79 Å². The molecule has 2 rings (SSSR count). The molecule has 1 aliphatic rings. The normalized spacial score (nSPS) is 18.3. The van der Waals surface area contributed by atoms with Crippen molar-refractivity contribution in [3.05, 3.63) is 35.9 Å². The number of likely N-dealkylation sites (tertiary alicyclic amines) is 1. The third-order valence-corrected chi connectivity index (χ3v) is 3.81. The van der Waals surface area contributed by atoms with E-state index >= 15 is 0 Å². The van der Waals surface area contributed by atoms with Crippen molar-refractivity contribution in [3.63, 3.8) is 0 Å². The van der Waals surface area contributed by atoms with Gasteiger partial charge >= 0.3 is 5.97 Å². The van der Waals surface area contributed by atoms with E-state index in [2.05, 4.69) is 43.0 Å². The molecule has 0 bridgehead atoms. The summed E-state index contributed by atoms with van der Waals surface area (Å²) < 4.78 is 0. The molecule has 0 aliphatic carbocycles. The first-order valence-electron chi connectivity index (χ1n) is 7.06. The number of benzene rings is 1. The van der Waals surface area contributed by atoms with E-state index in [1.165, 1.54) is 5.56 Å². The van der Waals surface area contributed by atoms with Crippen LogP contribution in [0, 0.1) is 11.8 Å². The first-order valence-corrected chi connectivity index (χ1v) is 7.06. The molecule has 1 unspecified atom stereocenters. The van der Waals surface area contributed by atoms with E-state index in [1.807, 2.05) is 6.07 Å². The quantitative estimate of drug-likeness (QED) is 0.856. The van der Waals surface area contributed by atoms with E-state index in [9.17, 15) is 4.79 Å². The van der Waals surface area contributed by atoms with Crippen molar-refractivity contribution in [1.82, 2.24) is 4.90 Å². The summed E-state index contributed by atoms with van der Waals surface area (Å²) in [6.45, 7) is 6.87. The first-order chi connectivity index (χ1) is 9.06. The molecule has 0 spiro atoms. The molecule has 104 valence electrons. The van der Waals surface area contributed by atoms with Gasteiger partial charge in [0, 0.05) is 19.6 Å². The smallest absolute Gasteiger partial charge is 0.309 e. The van der Waals surface area contributed by atoms with Crippen LogP contribution in [0.4, 0.5) is 0 Å². The van der Waals surface area contributed by atoms with Crippen molar-refractivity contribution in [2.45, 2.75) is 26.2 Å². The molecule has 3 heteroatoms. The van der Waals surface area contributed by atoms with Gasteiger partial charge in [-0.25, -0.2) is 0 Å². The number of carbonyl (C=O) groups is 1. The first kappa shape index (κ1) is 14.1. The standard InChI is InChI=1S/C16H23NO2/c1-12(2)8-14(13-6-4-3-5-7-13)9-17-10-15(11-17)16(18)19/h3-7,12,14-15H,8-11H2,1-2H3,(H,18,19). The van der Waals surface area contributed by atoms with Gasteiger partial charge in [-0.15, -0.1) is 0 Å². The Kier molecular flexibility index (Phi) is 4.59. The van der Waals surface area contributed by atoms with Crippen LogP contribution >= 0.6 is 0 Å². The molecular weight excluding hydrogens is 238 g/mol. The maximum atomic E-state index is 10.8. The number of hydrogen-bond acceptors (Lipinski definition) is 2. The van der Waals surface area contributed by atoms with Crippen molar-refractivity contribution in [1.29, 1.82) is 0 Å². The average Bonchev–Trinajstić information content (AvgIpc) is 2.31. The minimum absolute atomic E-state index is 0.157. The Morgan fingerprint density at radius 1 is 1.32 bits per heavy atom. The summed E-state index contributed by atoms with van der Waals surface area (Å²) >= 11 is 0. The molecule has 1 aliphatic heterocycles. The lowest BCUT2D eigenvalue weighted by Gasteiger charge is -2.39. The summed E-state index contributed by atoms with van der Waals surface area (Å²) in [5.74, 6) is 0.351. The van der Waals surface area contributed by atoms with Crippen LogP contribution in [0.1, 0.15) is 31.7 Å².